The zero-order chi connectivity index (χ0) is 13.5. The highest BCUT2D eigenvalue weighted by Crippen LogP contribution is 2.31. The summed E-state index contributed by atoms with van der Waals surface area (Å²) in [6.07, 6.45) is 2.79. The van der Waals surface area contributed by atoms with Gasteiger partial charge in [-0.05, 0) is 50.4 Å². The smallest absolute Gasteiger partial charge is 0.328 e. The number of methoxy groups -OCH3 is 1. The predicted octanol–water partition coefficient (Wildman–Crippen LogP) is 4.36. The van der Waals surface area contributed by atoms with Crippen molar-refractivity contribution in [2.24, 2.45) is 0 Å². The van der Waals surface area contributed by atoms with E-state index in [2.05, 4.69) is 44.1 Å². The lowest BCUT2D eigenvalue weighted by Crippen LogP contribution is -2.30. The van der Waals surface area contributed by atoms with Crippen LogP contribution >= 0.6 is 31.9 Å². The van der Waals surface area contributed by atoms with Crippen molar-refractivity contribution < 1.29 is 9.53 Å². The zero-order valence-corrected chi connectivity index (χ0v) is 13.7. The summed E-state index contributed by atoms with van der Waals surface area (Å²) >= 11 is 6.94. The Balaban J connectivity index is 2.85. The molecule has 3 nitrogen and oxygen atoms in total. The Hall–Kier alpha value is -0.550. The highest BCUT2D eigenvalue weighted by Gasteiger charge is 2.20. The number of benzene rings is 1. The van der Waals surface area contributed by atoms with Crippen LogP contribution in [0.4, 0.5) is 5.69 Å². The lowest BCUT2D eigenvalue weighted by molar-refractivity contribution is -0.141. The molecular formula is C13H17Br2NO2. The molecule has 0 spiro atoms. The van der Waals surface area contributed by atoms with E-state index in [-0.39, 0.29) is 12.0 Å². The number of rotatable bonds is 6. The number of nitrogens with one attached hydrogen (secondary N) is 1. The summed E-state index contributed by atoms with van der Waals surface area (Å²) in [4.78, 5) is 11.7. The van der Waals surface area contributed by atoms with Crippen molar-refractivity contribution in [2.75, 3.05) is 12.4 Å². The normalized spacial score (nSPS) is 12.0. The van der Waals surface area contributed by atoms with Crippen LogP contribution in [0.25, 0.3) is 0 Å². The molecule has 0 amide bonds. The molecule has 0 aliphatic rings. The Morgan fingerprint density at radius 2 is 2.00 bits per heavy atom. The number of hydrogen-bond donors (Lipinski definition) is 1. The molecule has 1 rings (SSSR count). The molecule has 1 atom stereocenters. The third-order valence-electron chi connectivity index (χ3n) is 2.61. The van der Waals surface area contributed by atoms with Crippen LogP contribution in [0.2, 0.25) is 0 Å². The molecule has 1 aromatic rings. The van der Waals surface area contributed by atoms with Gasteiger partial charge in [0.2, 0.25) is 0 Å². The first-order valence-corrected chi connectivity index (χ1v) is 7.47. The number of carbonyl (C=O) groups excluding carboxylic acids is 1. The van der Waals surface area contributed by atoms with E-state index in [0.717, 1.165) is 33.9 Å². The van der Waals surface area contributed by atoms with E-state index in [4.69, 9.17) is 4.74 Å². The highest BCUT2D eigenvalue weighted by atomic mass is 79.9. The number of esters is 1. The van der Waals surface area contributed by atoms with Crippen LogP contribution in [0, 0.1) is 0 Å². The summed E-state index contributed by atoms with van der Waals surface area (Å²) in [5.74, 6) is -0.230. The molecule has 0 fully saturated rings. The number of halogens is 2. The average molecular weight is 379 g/mol. The largest absolute Gasteiger partial charge is 0.467 e. The van der Waals surface area contributed by atoms with Gasteiger partial charge in [-0.2, -0.15) is 0 Å². The lowest BCUT2D eigenvalue weighted by atomic mass is 10.1. The molecule has 0 radical (unpaired) electrons. The molecule has 0 bridgehead atoms. The van der Waals surface area contributed by atoms with Crippen molar-refractivity contribution >= 4 is 43.5 Å². The van der Waals surface area contributed by atoms with Gasteiger partial charge < -0.3 is 10.1 Å². The maximum atomic E-state index is 11.7. The number of ether oxygens (including phenoxy) is 1. The summed E-state index contributed by atoms with van der Waals surface area (Å²) in [5, 5.41) is 3.23. The standard InChI is InChI=1S/C13H17Br2NO2/c1-3-4-8-11(13(17)18-2)16-12-9(14)6-5-7-10(12)15/h5-7,11,16H,3-4,8H2,1-2H3. The van der Waals surface area contributed by atoms with E-state index in [1.165, 1.54) is 7.11 Å². The van der Waals surface area contributed by atoms with Crippen LogP contribution in [0.1, 0.15) is 26.2 Å². The minimum absolute atomic E-state index is 0.230. The van der Waals surface area contributed by atoms with Gasteiger partial charge in [0.15, 0.2) is 0 Å². The number of anilines is 1. The van der Waals surface area contributed by atoms with Crippen molar-refractivity contribution in [3.63, 3.8) is 0 Å². The number of carbonyl (C=O) groups is 1. The van der Waals surface area contributed by atoms with Gasteiger partial charge in [0.05, 0.1) is 12.8 Å². The van der Waals surface area contributed by atoms with Crippen molar-refractivity contribution in [1.82, 2.24) is 0 Å². The minimum atomic E-state index is -0.315. The molecule has 0 saturated carbocycles. The first-order valence-electron chi connectivity index (χ1n) is 5.88. The van der Waals surface area contributed by atoms with Crippen LogP contribution in [0.5, 0.6) is 0 Å². The second kappa shape index (κ2) is 7.79. The van der Waals surface area contributed by atoms with Crippen LogP contribution in [-0.2, 0) is 9.53 Å². The monoisotopic (exact) mass is 377 g/mol. The van der Waals surface area contributed by atoms with Gasteiger partial charge in [-0.1, -0.05) is 25.8 Å². The Morgan fingerprint density at radius 1 is 1.39 bits per heavy atom. The molecule has 1 unspecified atom stereocenters. The average Bonchev–Trinajstić information content (AvgIpc) is 2.36. The third-order valence-corrected chi connectivity index (χ3v) is 3.94. The van der Waals surface area contributed by atoms with Crippen molar-refractivity contribution in [2.45, 2.75) is 32.2 Å². The summed E-state index contributed by atoms with van der Waals surface area (Å²) in [5.41, 5.74) is 0.879. The fourth-order valence-corrected chi connectivity index (χ4v) is 2.84. The number of unbranched alkanes of at least 4 members (excludes halogenated alkanes) is 1. The second-order valence-electron chi connectivity index (χ2n) is 3.96. The SMILES string of the molecule is CCCCC(Nc1c(Br)cccc1Br)C(=O)OC. The van der Waals surface area contributed by atoms with E-state index in [1.54, 1.807) is 0 Å². The van der Waals surface area contributed by atoms with Gasteiger partial charge in [0, 0.05) is 8.95 Å². The Labute approximate surface area is 125 Å². The first-order chi connectivity index (χ1) is 8.60. The third kappa shape index (κ3) is 4.28. The van der Waals surface area contributed by atoms with Gasteiger partial charge in [0.25, 0.3) is 0 Å². The molecule has 0 heterocycles. The van der Waals surface area contributed by atoms with Crippen LogP contribution in [-0.4, -0.2) is 19.1 Å². The summed E-state index contributed by atoms with van der Waals surface area (Å²) in [6.45, 7) is 2.10. The highest BCUT2D eigenvalue weighted by molar-refractivity contribution is 9.11. The maximum absolute atomic E-state index is 11.7. The number of para-hydroxylation sites is 1. The van der Waals surface area contributed by atoms with Crippen molar-refractivity contribution in [1.29, 1.82) is 0 Å². The Bertz CT molecular complexity index is 390. The topological polar surface area (TPSA) is 38.3 Å². The van der Waals surface area contributed by atoms with E-state index < -0.39 is 0 Å². The molecule has 0 saturated heterocycles. The minimum Gasteiger partial charge on any atom is -0.467 e. The van der Waals surface area contributed by atoms with Crippen molar-refractivity contribution in [3.8, 4) is 0 Å². The molecule has 1 aromatic carbocycles. The van der Waals surface area contributed by atoms with Crippen LogP contribution in [0.15, 0.2) is 27.1 Å². The summed E-state index contributed by atoms with van der Waals surface area (Å²) < 4.78 is 6.67. The molecule has 100 valence electrons. The molecule has 5 heteroatoms. The van der Waals surface area contributed by atoms with Crippen molar-refractivity contribution in [3.05, 3.63) is 27.1 Å². The molecule has 0 aliphatic carbocycles. The molecule has 18 heavy (non-hydrogen) atoms. The summed E-state index contributed by atoms with van der Waals surface area (Å²) in [6, 6.07) is 5.48. The predicted molar refractivity (Wildman–Crippen MR) is 80.8 cm³/mol. The van der Waals surface area contributed by atoms with E-state index >= 15 is 0 Å². The van der Waals surface area contributed by atoms with Crippen LogP contribution in [0.3, 0.4) is 0 Å². The lowest BCUT2D eigenvalue weighted by Gasteiger charge is -2.19. The van der Waals surface area contributed by atoms with Gasteiger partial charge in [-0.15, -0.1) is 0 Å². The zero-order valence-electron chi connectivity index (χ0n) is 10.5. The van der Waals surface area contributed by atoms with Gasteiger partial charge in [-0.3, -0.25) is 0 Å². The Kier molecular flexibility index (Phi) is 6.71. The Morgan fingerprint density at radius 3 is 2.50 bits per heavy atom. The van der Waals surface area contributed by atoms with Crippen LogP contribution < -0.4 is 5.32 Å². The molecule has 0 aromatic heterocycles. The van der Waals surface area contributed by atoms with Gasteiger partial charge in [0.1, 0.15) is 6.04 Å². The second-order valence-corrected chi connectivity index (χ2v) is 5.67. The summed E-state index contributed by atoms with van der Waals surface area (Å²) in [7, 11) is 1.41. The number of hydrogen-bond acceptors (Lipinski definition) is 3. The van der Waals surface area contributed by atoms with E-state index in [0.29, 0.717) is 0 Å². The molecule has 1 N–H and O–H groups in total. The maximum Gasteiger partial charge on any atom is 0.328 e. The van der Waals surface area contributed by atoms with Gasteiger partial charge in [-0.25, -0.2) is 4.79 Å². The van der Waals surface area contributed by atoms with Gasteiger partial charge >= 0.3 is 5.97 Å². The first kappa shape index (κ1) is 15.5. The molecule has 0 aliphatic heterocycles. The quantitative estimate of drug-likeness (QED) is 0.747. The molecular weight excluding hydrogens is 362 g/mol. The van der Waals surface area contributed by atoms with E-state index in [9.17, 15) is 4.79 Å². The fraction of sp³-hybridized carbons (Fsp3) is 0.462. The van der Waals surface area contributed by atoms with E-state index in [1.807, 2.05) is 18.2 Å². The fourth-order valence-electron chi connectivity index (χ4n) is 1.61.